The lowest BCUT2D eigenvalue weighted by Crippen LogP contribution is -2.20. The van der Waals surface area contributed by atoms with Crippen molar-refractivity contribution in [2.24, 2.45) is 0 Å². The van der Waals surface area contributed by atoms with Gasteiger partial charge >= 0.3 is 0 Å². The first kappa shape index (κ1) is 14.1. The molecule has 0 fully saturated rings. The van der Waals surface area contributed by atoms with Gasteiger partial charge in [-0.15, -0.1) is 0 Å². The third-order valence-corrected chi connectivity index (χ3v) is 3.11. The highest BCUT2D eigenvalue weighted by molar-refractivity contribution is 5.92. The molecule has 20 heavy (non-hydrogen) atoms. The van der Waals surface area contributed by atoms with Gasteiger partial charge in [0.1, 0.15) is 5.75 Å². The molecule has 0 bridgehead atoms. The second-order valence-electron chi connectivity index (χ2n) is 4.92. The topological polar surface area (TPSA) is 38.3 Å². The lowest BCUT2D eigenvalue weighted by molar-refractivity contribution is -0.118. The van der Waals surface area contributed by atoms with Crippen molar-refractivity contribution in [3.05, 3.63) is 59.2 Å². The monoisotopic (exact) mass is 269 g/mol. The Labute approximate surface area is 119 Å². The molecule has 0 aliphatic carbocycles. The van der Waals surface area contributed by atoms with Crippen LogP contribution in [-0.4, -0.2) is 12.5 Å². The SMILES string of the molecule is Cc1ccc(OCC(=O)Nc2ccccc2C)c(C)c1. The van der Waals surface area contributed by atoms with Gasteiger partial charge in [-0.25, -0.2) is 0 Å². The Morgan fingerprint density at radius 2 is 1.80 bits per heavy atom. The minimum Gasteiger partial charge on any atom is -0.483 e. The summed E-state index contributed by atoms with van der Waals surface area (Å²) in [5.41, 5.74) is 4.07. The predicted molar refractivity (Wildman–Crippen MR) is 81.2 cm³/mol. The minimum absolute atomic E-state index is 0.0121. The molecule has 0 heterocycles. The van der Waals surface area contributed by atoms with Crippen molar-refractivity contribution < 1.29 is 9.53 Å². The van der Waals surface area contributed by atoms with E-state index in [4.69, 9.17) is 4.74 Å². The van der Waals surface area contributed by atoms with Crippen LogP contribution in [0.15, 0.2) is 42.5 Å². The summed E-state index contributed by atoms with van der Waals surface area (Å²) in [7, 11) is 0. The maximum atomic E-state index is 11.9. The Kier molecular flexibility index (Phi) is 4.41. The van der Waals surface area contributed by atoms with Crippen molar-refractivity contribution in [1.29, 1.82) is 0 Å². The van der Waals surface area contributed by atoms with Gasteiger partial charge in [0.05, 0.1) is 0 Å². The van der Waals surface area contributed by atoms with Gasteiger partial charge in [-0.3, -0.25) is 4.79 Å². The highest BCUT2D eigenvalue weighted by Gasteiger charge is 2.06. The second-order valence-corrected chi connectivity index (χ2v) is 4.92. The van der Waals surface area contributed by atoms with Gasteiger partial charge in [0.2, 0.25) is 0 Å². The van der Waals surface area contributed by atoms with Crippen molar-refractivity contribution in [2.75, 3.05) is 11.9 Å². The molecule has 0 aromatic heterocycles. The number of nitrogens with one attached hydrogen (secondary N) is 1. The zero-order valence-corrected chi connectivity index (χ0v) is 12.1. The van der Waals surface area contributed by atoms with Crippen molar-refractivity contribution in [1.82, 2.24) is 0 Å². The lowest BCUT2D eigenvalue weighted by Gasteiger charge is -2.11. The number of benzene rings is 2. The minimum atomic E-state index is -0.153. The first-order valence-electron chi connectivity index (χ1n) is 6.62. The summed E-state index contributed by atoms with van der Waals surface area (Å²) >= 11 is 0. The summed E-state index contributed by atoms with van der Waals surface area (Å²) in [4.78, 5) is 11.9. The van der Waals surface area contributed by atoms with Crippen LogP contribution in [0.3, 0.4) is 0 Å². The molecular weight excluding hydrogens is 250 g/mol. The zero-order chi connectivity index (χ0) is 14.5. The van der Waals surface area contributed by atoms with Gasteiger partial charge in [0, 0.05) is 5.69 Å². The second kappa shape index (κ2) is 6.24. The average Bonchev–Trinajstić information content (AvgIpc) is 2.40. The van der Waals surface area contributed by atoms with Crippen molar-refractivity contribution >= 4 is 11.6 Å². The molecule has 1 N–H and O–H groups in total. The number of para-hydroxylation sites is 1. The zero-order valence-electron chi connectivity index (χ0n) is 12.1. The van der Waals surface area contributed by atoms with Gasteiger partial charge in [-0.2, -0.15) is 0 Å². The standard InChI is InChI=1S/C17H19NO2/c1-12-8-9-16(14(3)10-12)20-11-17(19)18-15-7-5-4-6-13(15)2/h4-10H,11H2,1-3H3,(H,18,19). The van der Waals surface area contributed by atoms with Crippen LogP contribution < -0.4 is 10.1 Å². The number of carbonyl (C=O) groups is 1. The molecule has 2 rings (SSSR count). The van der Waals surface area contributed by atoms with Crippen LogP contribution in [0, 0.1) is 20.8 Å². The van der Waals surface area contributed by atoms with Crippen LogP contribution >= 0.6 is 0 Å². The third-order valence-electron chi connectivity index (χ3n) is 3.11. The van der Waals surface area contributed by atoms with E-state index in [0.29, 0.717) is 0 Å². The first-order valence-corrected chi connectivity index (χ1v) is 6.62. The van der Waals surface area contributed by atoms with Crippen LogP contribution in [0.4, 0.5) is 5.69 Å². The summed E-state index contributed by atoms with van der Waals surface area (Å²) in [6.45, 7) is 5.97. The van der Waals surface area contributed by atoms with Gasteiger partial charge in [-0.1, -0.05) is 35.9 Å². The Balaban J connectivity index is 1.94. The Hall–Kier alpha value is -2.29. The number of hydrogen-bond acceptors (Lipinski definition) is 2. The molecule has 3 nitrogen and oxygen atoms in total. The maximum absolute atomic E-state index is 11.9. The van der Waals surface area contributed by atoms with E-state index in [-0.39, 0.29) is 12.5 Å². The van der Waals surface area contributed by atoms with Crippen molar-refractivity contribution in [3.63, 3.8) is 0 Å². The van der Waals surface area contributed by atoms with Gasteiger partial charge in [0.25, 0.3) is 5.91 Å². The molecule has 0 saturated heterocycles. The molecule has 0 aliphatic rings. The highest BCUT2D eigenvalue weighted by Crippen LogP contribution is 2.19. The largest absolute Gasteiger partial charge is 0.483 e. The van der Waals surface area contributed by atoms with E-state index in [2.05, 4.69) is 5.32 Å². The molecule has 0 atom stereocenters. The van der Waals surface area contributed by atoms with E-state index in [1.807, 2.05) is 63.2 Å². The van der Waals surface area contributed by atoms with Crippen LogP contribution in [-0.2, 0) is 4.79 Å². The van der Waals surface area contributed by atoms with E-state index in [0.717, 1.165) is 22.6 Å². The molecule has 0 aliphatic heterocycles. The van der Waals surface area contributed by atoms with Crippen LogP contribution in [0.2, 0.25) is 0 Å². The van der Waals surface area contributed by atoms with Crippen LogP contribution in [0.1, 0.15) is 16.7 Å². The number of aryl methyl sites for hydroxylation is 3. The molecule has 0 unspecified atom stereocenters. The molecule has 0 radical (unpaired) electrons. The quantitative estimate of drug-likeness (QED) is 0.920. The van der Waals surface area contributed by atoms with E-state index in [1.54, 1.807) is 0 Å². The highest BCUT2D eigenvalue weighted by atomic mass is 16.5. The summed E-state index contributed by atoms with van der Waals surface area (Å²) in [6.07, 6.45) is 0. The van der Waals surface area contributed by atoms with Crippen LogP contribution in [0.5, 0.6) is 5.75 Å². The summed E-state index contributed by atoms with van der Waals surface area (Å²) in [6, 6.07) is 13.6. The first-order chi connectivity index (χ1) is 9.56. The van der Waals surface area contributed by atoms with E-state index >= 15 is 0 Å². The van der Waals surface area contributed by atoms with Crippen molar-refractivity contribution in [2.45, 2.75) is 20.8 Å². The lowest BCUT2D eigenvalue weighted by atomic mass is 10.1. The number of ether oxygens (including phenoxy) is 1. The maximum Gasteiger partial charge on any atom is 0.262 e. The Morgan fingerprint density at radius 3 is 2.50 bits per heavy atom. The summed E-state index contributed by atoms with van der Waals surface area (Å²) in [5, 5.41) is 2.85. The van der Waals surface area contributed by atoms with E-state index in [9.17, 15) is 4.79 Å². The molecule has 2 aromatic rings. The average molecular weight is 269 g/mol. The van der Waals surface area contributed by atoms with Crippen LogP contribution in [0.25, 0.3) is 0 Å². The summed E-state index contributed by atoms with van der Waals surface area (Å²) in [5.74, 6) is 0.592. The van der Waals surface area contributed by atoms with E-state index in [1.165, 1.54) is 5.56 Å². The molecular formula is C17H19NO2. The smallest absolute Gasteiger partial charge is 0.262 e. The normalized spacial score (nSPS) is 10.2. The molecule has 104 valence electrons. The molecule has 0 saturated carbocycles. The molecule has 0 spiro atoms. The fraction of sp³-hybridized carbons (Fsp3) is 0.235. The predicted octanol–water partition coefficient (Wildman–Crippen LogP) is 3.63. The van der Waals surface area contributed by atoms with Gasteiger partial charge in [-0.05, 0) is 44.0 Å². The molecule has 3 heteroatoms. The summed E-state index contributed by atoms with van der Waals surface area (Å²) < 4.78 is 5.55. The fourth-order valence-electron chi connectivity index (χ4n) is 2.00. The number of hydrogen-bond donors (Lipinski definition) is 1. The van der Waals surface area contributed by atoms with Gasteiger partial charge < -0.3 is 10.1 Å². The molecule has 2 aromatic carbocycles. The fourth-order valence-corrected chi connectivity index (χ4v) is 2.00. The van der Waals surface area contributed by atoms with Gasteiger partial charge in [0.15, 0.2) is 6.61 Å². The number of carbonyl (C=O) groups excluding carboxylic acids is 1. The number of anilines is 1. The number of amides is 1. The Bertz CT molecular complexity index is 620. The number of rotatable bonds is 4. The third kappa shape index (κ3) is 3.60. The van der Waals surface area contributed by atoms with E-state index < -0.39 is 0 Å². The van der Waals surface area contributed by atoms with Crippen molar-refractivity contribution in [3.8, 4) is 5.75 Å². The Morgan fingerprint density at radius 1 is 1.05 bits per heavy atom. The molecule has 1 amide bonds.